The lowest BCUT2D eigenvalue weighted by molar-refractivity contribution is 0.0943. The summed E-state index contributed by atoms with van der Waals surface area (Å²) in [5, 5.41) is 8.05. The Morgan fingerprint density at radius 3 is 3.27 bits per heavy atom. The normalized spacial score (nSPS) is 21.2. The van der Waals surface area contributed by atoms with Gasteiger partial charge < -0.3 is 10.6 Å². The SMILES string of the molecule is O=C(NCC1CCCCN1)c1cscn1. The fraction of sp³-hybridized carbons (Fsp3) is 0.600. The van der Waals surface area contributed by atoms with E-state index < -0.39 is 0 Å². The molecule has 0 radical (unpaired) electrons. The van der Waals surface area contributed by atoms with E-state index in [1.165, 1.54) is 24.2 Å². The minimum absolute atomic E-state index is 0.0661. The third kappa shape index (κ3) is 3.00. The highest BCUT2D eigenvalue weighted by molar-refractivity contribution is 7.07. The van der Waals surface area contributed by atoms with E-state index in [0.29, 0.717) is 18.3 Å². The van der Waals surface area contributed by atoms with Gasteiger partial charge in [0.05, 0.1) is 5.51 Å². The number of amides is 1. The van der Waals surface area contributed by atoms with Gasteiger partial charge in [-0.2, -0.15) is 0 Å². The van der Waals surface area contributed by atoms with Gasteiger partial charge in [-0.3, -0.25) is 4.79 Å². The topological polar surface area (TPSA) is 54.0 Å². The van der Waals surface area contributed by atoms with Crippen molar-refractivity contribution >= 4 is 17.2 Å². The lowest BCUT2D eigenvalue weighted by Crippen LogP contribution is -2.43. The van der Waals surface area contributed by atoms with E-state index in [-0.39, 0.29) is 5.91 Å². The van der Waals surface area contributed by atoms with Crippen LogP contribution < -0.4 is 10.6 Å². The molecule has 0 aliphatic carbocycles. The van der Waals surface area contributed by atoms with Crippen LogP contribution >= 0.6 is 11.3 Å². The van der Waals surface area contributed by atoms with Crippen LogP contribution in [0.1, 0.15) is 29.8 Å². The van der Waals surface area contributed by atoms with Gasteiger partial charge in [-0.25, -0.2) is 4.98 Å². The van der Waals surface area contributed by atoms with Gasteiger partial charge in [0.2, 0.25) is 0 Å². The molecule has 1 saturated heterocycles. The van der Waals surface area contributed by atoms with E-state index in [1.807, 2.05) is 0 Å². The van der Waals surface area contributed by atoms with Crippen LogP contribution in [0.4, 0.5) is 0 Å². The van der Waals surface area contributed by atoms with Gasteiger partial charge in [-0.15, -0.1) is 11.3 Å². The molecule has 1 atom stereocenters. The number of carbonyl (C=O) groups excluding carboxylic acids is 1. The summed E-state index contributed by atoms with van der Waals surface area (Å²) in [6.45, 7) is 1.77. The number of thiazole rings is 1. The molecular formula is C10H15N3OS. The monoisotopic (exact) mass is 225 g/mol. The predicted octanol–water partition coefficient (Wildman–Crippen LogP) is 1.01. The molecule has 0 bridgehead atoms. The van der Waals surface area contributed by atoms with Crippen LogP contribution in [0.3, 0.4) is 0 Å². The van der Waals surface area contributed by atoms with Gasteiger partial charge in [0, 0.05) is 18.0 Å². The average molecular weight is 225 g/mol. The highest BCUT2D eigenvalue weighted by atomic mass is 32.1. The predicted molar refractivity (Wildman–Crippen MR) is 60.1 cm³/mol. The van der Waals surface area contributed by atoms with Crippen molar-refractivity contribution in [2.75, 3.05) is 13.1 Å². The summed E-state index contributed by atoms with van der Waals surface area (Å²) in [5.74, 6) is -0.0661. The number of rotatable bonds is 3. The van der Waals surface area contributed by atoms with Crippen molar-refractivity contribution in [3.63, 3.8) is 0 Å². The summed E-state index contributed by atoms with van der Waals surface area (Å²) in [6.07, 6.45) is 3.65. The molecule has 1 aromatic rings. The number of nitrogens with one attached hydrogen (secondary N) is 2. The van der Waals surface area contributed by atoms with Gasteiger partial charge in [0.15, 0.2) is 0 Å². The molecule has 0 spiro atoms. The molecule has 1 fully saturated rings. The van der Waals surface area contributed by atoms with E-state index in [4.69, 9.17) is 0 Å². The Bertz CT molecular complexity index is 306. The number of carbonyl (C=O) groups is 1. The van der Waals surface area contributed by atoms with Crippen LogP contribution in [0.15, 0.2) is 10.9 Å². The van der Waals surface area contributed by atoms with Crippen LogP contribution in [0, 0.1) is 0 Å². The molecule has 2 heterocycles. The molecule has 1 aliphatic heterocycles. The Labute approximate surface area is 93.1 Å². The van der Waals surface area contributed by atoms with Gasteiger partial charge >= 0.3 is 0 Å². The van der Waals surface area contributed by atoms with Crippen LogP contribution in [-0.4, -0.2) is 30.0 Å². The number of hydrogen-bond donors (Lipinski definition) is 2. The zero-order valence-electron chi connectivity index (χ0n) is 8.53. The lowest BCUT2D eigenvalue weighted by atomic mass is 10.1. The van der Waals surface area contributed by atoms with Crippen molar-refractivity contribution in [2.45, 2.75) is 25.3 Å². The minimum atomic E-state index is -0.0661. The Morgan fingerprint density at radius 1 is 1.67 bits per heavy atom. The summed E-state index contributed by atoms with van der Waals surface area (Å²) in [6, 6.07) is 0.432. The van der Waals surface area contributed by atoms with Crippen molar-refractivity contribution in [2.24, 2.45) is 0 Å². The summed E-state index contributed by atoms with van der Waals surface area (Å²) >= 11 is 1.44. The van der Waals surface area contributed by atoms with Crippen LogP contribution in [0.5, 0.6) is 0 Å². The fourth-order valence-electron chi connectivity index (χ4n) is 1.73. The molecule has 1 unspecified atom stereocenters. The smallest absolute Gasteiger partial charge is 0.270 e. The van der Waals surface area contributed by atoms with E-state index in [2.05, 4.69) is 15.6 Å². The number of aromatic nitrogens is 1. The van der Waals surface area contributed by atoms with Crippen molar-refractivity contribution < 1.29 is 4.79 Å². The number of hydrogen-bond acceptors (Lipinski definition) is 4. The van der Waals surface area contributed by atoms with Crippen molar-refractivity contribution in [3.8, 4) is 0 Å². The van der Waals surface area contributed by atoms with E-state index in [0.717, 1.165) is 13.0 Å². The maximum Gasteiger partial charge on any atom is 0.270 e. The lowest BCUT2D eigenvalue weighted by Gasteiger charge is -2.23. The van der Waals surface area contributed by atoms with E-state index in [1.54, 1.807) is 10.9 Å². The number of piperidine rings is 1. The molecule has 15 heavy (non-hydrogen) atoms. The molecule has 82 valence electrons. The second-order valence-corrected chi connectivity index (χ2v) is 4.45. The highest BCUT2D eigenvalue weighted by Crippen LogP contribution is 2.06. The van der Waals surface area contributed by atoms with Gasteiger partial charge in [-0.05, 0) is 19.4 Å². The van der Waals surface area contributed by atoms with Crippen molar-refractivity contribution in [1.82, 2.24) is 15.6 Å². The zero-order chi connectivity index (χ0) is 10.5. The molecule has 0 saturated carbocycles. The standard InChI is InChI=1S/C10H15N3OS/c14-10(9-6-15-7-13-9)12-5-8-3-1-2-4-11-8/h6-8,11H,1-5H2,(H,12,14). The fourth-order valence-corrected chi connectivity index (χ4v) is 2.26. The Balaban J connectivity index is 1.75. The Hall–Kier alpha value is -0.940. The van der Waals surface area contributed by atoms with Gasteiger partial charge in [0.25, 0.3) is 5.91 Å². The molecule has 1 amide bonds. The summed E-state index contributed by atoms with van der Waals surface area (Å²) in [7, 11) is 0. The molecule has 1 aliphatic rings. The first kappa shape index (κ1) is 10.6. The second kappa shape index (κ2) is 5.23. The summed E-state index contributed by atoms with van der Waals surface area (Å²) in [4.78, 5) is 15.5. The molecule has 2 N–H and O–H groups in total. The quantitative estimate of drug-likeness (QED) is 0.807. The van der Waals surface area contributed by atoms with Gasteiger partial charge in [-0.1, -0.05) is 6.42 Å². The highest BCUT2D eigenvalue weighted by Gasteiger charge is 2.14. The van der Waals surface area contributed by atoms with Gasteiger partial charge in [0.1, 0.15) is 5.69 Å². The van der Waals surface area contributed by atoms with Crippen LogP contribution in [0.25, 0.3) is 0 Å². The first-order valence-corrected chi connectivity index (χ1v) is 6.20. The third-order valence-electron chi connectivity index (χ3n) is 2.59. The summed E-state index contributed by atoms with van der Waals surface area (Å²) in [5.41, 5.74) is 2.20. The maximum atomic E-state index is 11.6. The molecule has 1 aromatic heterocycles. The van der Waals surface area contributed by atoms with E-state index >= 15 is 0 Å². The minimum Gasteiger partial charge on any atom is -0.349 e. The van der Waals surface area contributed by atoms with Crippen LogP contribution in [-0.2, 0) is 0 Å². The Morgan fingerprint density at radius 2 is 2.60 bits per heavy atom. The maximum absolute atomic E-state index is 11.6. The molecular weight excluding hydrogens is 210 g/mol. The Kier molecular flexibility index (Phi) is 3.69. The van der Waals surface area contributed by atoms with Crippen LogP contribution in [0.2, 0.25) is 0 Å². The molecule has 2 rings (SSSR count). The number of nitrogens with zero attached hydrogens (tertiary/aromatic N) is 1. The second-order valence-electron chi connectivity index (χ2n) is 3.73. The van der Waals surface area contributed by atoms with Crippen molar-refractivity contribution in [3.05, 3.63) is 16.6 Å². The molecule has 0 aromatic carbocycles. The third-order valence-corrected chi connectivity index (χ3v) is 3.17. The first-order valence-electron chi connectivity index (χ1n) is 5.26. The van der Waals surface area contributed by atoms with E-state index in [9.17, 15) is 4.79 Å². The summed E-state index contributed by atoms with van der Waals surface area (Å²) < 4.78 is 0. The average Bonchev–Trinajstić information content (AvgIpc) is 2.81. The molecule has 4 nitrogen and oxygen atoms in total. The molecule has 5 heteroatoms. The largest absolute Gasteiger partial charge is 0.349 e. The zero-order valence-corrected chi connectivity index (χ0v) is 9.35. The van der Waals surface area contributed by atoms with Crippen molar-refractivity contribution in [1.29, 1.82) is 0 Å². The first-order chi connectivity index (χ1) is 7.36.